The summed E-state index contributed by atoms with van der Waals surface area (Å²) in [5.41, 5.74) is 4.19. The average molecular weight is 353 g/mol. The van der Waals surface area contributed by atoms with Crippen LogP contribution in [0.3, 0.4) is 0 Å². The Morgan fingerprint density at radius 3 is 2.96 bits per heavy atom. The standard InChI is InChI=1S/C19H19N3O4/c1-25-19(24)22-6-4-15-13(11-22)9-20-10-16(15)18(23)21-14-2-3-17-12(8-14)5-7-26-17/h2-3,8-10H,4-7,11H2,1H3,(H,21,23). The first kappa shape index (κ1) is 16.4. The third kappa shape index (κ3) is 2.96. The Morgan fingerprint density at radius 1 is 1.23 bits per heavy atom. The molecule has 2 aromatic rings. The van der Waals surface area contributed by atoms with Crippen molar-refractivity contribution in [1.82, 2.24) is 9.88 Å². The van der Waals surface area contributed by atoms with Gasteiger partial charge in [-0.1, -0.05) is 0 Å². The van der Waals surface area contributed by atoms with E-state index in [1.54, 1.807) is 17.3 Å². The average Bonchev–Trinajstić information content (AvgIpc) is 3.14. The van der Waals surface area contributed by atoms with Crippen molar-refractivity contribution in [3.63, 3.8) is 0 Å². The largest absolute Gasteiger partial charge is 0.493 e. The molecule has 2 amide bonds. The normalized spacial score (nSPS) is 14.9. The zero-order valence-corrected chi connectivity index (χ0v) is 14.4. The highest BCUT2D eigenvalue weighted by molar-refractivity contribution is 6.05. The molecule has 4 rings (SSSR count). The Kier molecular flexibility index (Phi) is 4.20. The number of hydrogen-bond acceptors (Lipinski definition) is 5. The molecule has 0 saturated carbocycles. The lowest BCUT2D eigenvalue weighted by atomic mass is 9.97. The van der Waals surface area contributed by atoms with Crippen LogP contribution in [0.15, 0.2) is 30.6 Å². The predicted molar refractivity (Wildman–Crippen MR) is 94.4 cm³/mol. The highest BCUT2D eigenvalue weighted by atomic mass is 16.5. The van der Waals surface area contributed by atoms with Gasteiger partial charge in [0.15, 0.2) is 0 Å². The van der Waals surface area contributed by atoms with Crippen LogP contribution in [0.4, 0.5) is 10.5 Å². The number of carbonyl (C=O) groups is 2. The highest BCUT2D eigenvalue weighted by Crippen LogP contribution is 2.28. The molecule has 0 unspecified atom stereocenters. The van der Waals surface area contributed by atoms with E-state index in [4.69, 9.17) is 9.47 Å². The van der Waals surface area contributed by atoms with Crippen molar-refractivity contribution in [2.75, 3.05) is 25.6 Å². The molecule has 7 heteroatoms. The number of aromatic nitrogens is 1. The first-order chi connectivity index (χ1) is 12.7. The first-order valence-electron chi connectivity index (χ1n) is 8.51. The number of nitrogens with zero attached hydrogens (tertiary/aromatic N) is 2. The SMILES string of the molecule is COC(=O)N1CCc2c(cncc2C(=O)Nc2ccc3c(c2)CCO3)C1. The maximum Gasteiger partial charge on any atom is 0.409 e. The first-order valence-corrected chi connectivity index (χ1v) is 8.51. The molecular weight excluding hydrogens is 334 g/mol. The van der Waals surface area contributed by atoms with Crippen LogP contribution in [0, 0.1) is 0 Å². The monoisotopic (exact) mass is 353 g/mol. The Labute approximate surface area is 150 Å². The Morgan fingerprint density at radius 2 is 2.12 bits per heavy atom. The van der Waals surface area contributed by atoms with Gasteiger partial charge in [0.1, 0.15) is 5.75 Å². The van der Waals surface area contributed by atoms with E-state index < -0.39 is 0 Å². The van der Waals surface area contributed by atoms with Gasteiger partial charge in [-0.25, -0.2) is 4.79 Å². The molecular formula is C19H19N3O4. The van der Waals surface area contributed by atoms with Crippen LogP contribution in [0.1, 0.15) is 27.0 Å². The van der Waals surface area contributed by atoms with E-state index in [2.05, 4.69) is 10.3 Å². The number of fused-ring (bicyclic) bond motifs is 2. The van der Waals surface area contributed by atoms with Gasteiger partial charge in [-0.15, -0.1) is 0 Å². The summed E-state index contributed by atoms with van der Waals surface area (Å²) in [4.78, 5) is 30.3. The van der Waals surface area contributed by atoms with E-state index in [-0.39, 0.29) is 12.0 Å². The summed E-state index contributed by atoms with van der Waals surface area (Å²) in [6.07, 6.45) is 4.36. The quantitative estimate of drug-likeness (QED) is 0.897. The zero-order valence-electron chi connectivity index (χ0n) is 14.4. The third-order valence-corrected chi connectivity index (χ3v) is 4.76. The molecule has 2 aliphatic rings. The van der Waals surface area contributed by atoms with Crippen LogP contribution in [0.5, 0.6) is 5.75 Å². The van der Waals surface area contributed by atoms with Crippen LogP contribution in [-0.2, 0) is 24.1 Å². The van der Waals surface area contributed by atoms with Gasteiger partial charge in [-0.2, -0.15) is 0 Å². The molecule has 0 fully saturated rings. The van der Waals surface area contributed by atoms with Crippen molar-refractivity contribution < 1.29 is 19.1 Å². The van der Waals surface area contributed by atoms with Gasteiger partial charge in [0.2, 0.25) is 0 Å². The molecule has 1 aromatic heterocycles. The second-order valence-corrected chi connectivity index (χ2v) is 6.34. The van der Waals surface area contributed by atoms with E-state index in [0.29, 0.717) is 31.7 Å². The lowest BCUT2D eigenvalue weighted by Crippen LogP contribution is -2.36. The molecule has 1 aromatic carbocycles. The second-order valence-electron chi connectivity index (χ2n) is 6.34. The number of anilines is 1. The smallest absolute Gasteiger partial charge is 0.409 e. The number of carbonyl (C=O) groups excluding carboxylic acids is 2. The van der Waals surface area contributed by atoms with E-state index in [1.807, 2.05) is 18.2 Å². The molecule has 3 heterocycles. The minimum atomic E-state index is -0.370. The van der Waals surface area contributed by atoms with Crippen molar-refractivity contribution in [3.8, 4) is 5.75 Å². The summed E-state index contributed by atoms with van der Waals surface area (Å²) in [5, 5.41) is 2.94. The molecule has 0 bridgehead atoms. The molecule has 134 valence electrons. The number of benzene rings is 1. The Bertz CT molecular complexity index is 881. The zero-order chi connectivity index (χ0) is 18.1. The Balaban J connectivity index is 1.55. The van der Waals surface area contributed by atoms with Gasteiger partial charge in [0.05, 0.1) is 25.8 Å². The number of nitrogens with one attached hydrogen (secondary N) is 1. The lowest BCUT2D eigenvalue weighted by molar-refractivity contribution is 0.102. The number of methoxy groups -OCH3 is 1. The van der Waals surface area contributed by atoms with Gasteiger partial charge in [0.25, 0.3) is 5.91 Å². The van der Waals surface area contributed by atoms with Crippen LogP contribution in [0.2, 0.25) is 0 Å². The fourth-order valence-corrected chi connectivity index (χ4v) is 3.44. The molecule has 26 heavy (non-hydrogen) atoms. The fourth-order valence-electron chi connectivity index (χ4n) is 3.44. The van der Waals surface area contributed by atoms with Crippen molar-refractivity contribution in [2.45, 2.75) is 19.4 Å². The maximum absolute atomic E-state index is 12.8. The predicted octanol–water partition coefficient (Wildman–Crippen LogP) is 2.39. The maximum atomic E-state index is 12.8. The lowest BCUT2D eigenvalue weighted by Gasteiger charge is -2.28. The van der Waals surface area contributed by atoms with Crippen LogP contribution in [-0.4, -0.2) is 42.1 Å². The van der Waals surface area contributed by atoms with Gasteiger partial charge in [-0.05, 0) is 41.3 Å². The molecule has 0 spiro atoms. The van der Waals surface area contributed by atoms with Crippen LogP contribution >= 0.6 is 0 Å². The van der Waals surface area contributed by atoms with Crippen molar-refractivity contribution in [1.29, 1.82) is 0 Å². The molecule has 0 saturated heterocycles. The minimum absolute atomic E-state index is 0.195. The summed E-state index contributed by atoms with van der Waals surface area (Å²) in [6.45, 7) is 1.59. The molecule has 0 atom stereocenters. The van der Waals surface area contributed by atoms with E-state index >= 15 is 0 Å². The van der Waals surface area contributed by atoms with E-state index in [0.717, 1.165) is 34.5 Å². The van der Waals surface area contributed by atoms with Gasteiger partial charge >= 0.3 is 6.09 Å². The number of pyridine rings is 1. The van der Waals surface area contributed by atoms with E-state index in [1.165, 1.54) is 7.11 Å². The van der Waals surface area contributed by atoms with Crippen molar-refractivity contribution >= 4 is 17.7 Å². The summed E-state index contributed by atoms with van der Waals surface area (Å²) in [7, 11) is 1.36. The van der Waals surface area contributed by atoms with Crippen molar-refractivity contribution in [2.24, 2.45) is 0 Å². The number of amides is 2. The molecule has 1 N–H and O–H groups in total. The van der Waals surface area contributed by atoms with Gasteiger partial charge in [-0.3, -0.25) is 9.78 Å². The summed E-state index contributed by atoms with van der Waals surface area (Å²) in [5.74, 6) is 0.685. The minimum Gasteiger partial charge on any atom is -0.493 e. The third-order valence-electron chi connectivity index (χ3n) is 4.76. The van der Waals surface area contributed by atoms with Gasteiger partial charge < -0.3 is 19.7 Å². The van der Waals surface area contributed by atoms with Gasteiger partial charge in [0, 0.05) is 31.0 Å². The number of hydrogen-bond donors (Lipinski definition) is 1. The Hall–Kier alpha value is -3.09. The summed E-state index contributed by atoms with van der Waals surface area (Å²) in [6, 6.07) is 5.66. The summed E-state index contributed by atoms with van der Waals surface area (Å²) >= 11 is 0. The van der Waals surface area contributed by atoms with Crippen molar-refractivity contribution in [3.05, 3.63) is 52.8 Å². The van der Waals surface area contributed by atoms with E-state index in [9.17, 15) is 9.59 Å². The molecule has 0 radical (unpaired) electrons. The number of rotatable bonds is 2. The van der Waals surface area contributed by atoms with Crippen LogP contribution < -0.4 is 10.1 Å². The molecule has 7 nitrogen and oxygen atoms in total. The highest BCUT2D eigenvalue weighted by Gasteiger charge is 2.25. The summed E-state index contributed by atoms with van der Waals surface area (Å²) < 4.78 is 10.3. The van der Waals surface area contributed by atoms with Crippen LogP contribution in [0.25, 0.3) is 0 Å². The molecule has 2 aliphatic heterocycles. The number of ether oxygens (including phenoxy) is 2. The topological polar surface area (TPSA) is 80.8 Å². The second kappa shape index (κ2) is 6.67. The molecule has 0 aliphatic carbocycles. The fraction of sp³-hybridized carbons (Fsp3) is 0.316.